The molecule has 0 unspecified atom stereocenters. The first-order valence-electron chi connectivity index (χ1n) is 6.61. The molecule has 2 rings (SSSR count). The number of benzene rings is 2. The molecule has 0 aliphatic rings. The van der Waals surface area contributed by atoms with E-state index in [4.69, 9.17) is 0 Å². The van der Waals surface area contributed by atoms with Crippen molar-refractivity contribution in [2.75, 3.05) is 14.1 Å². The van der Waals surface area contributed by atoms with Crippen molar-refractivity contribution in [1.29, 1.82) is 0 Å². The molecular formula is C16H17NO4S. The lowest BCUT2D eigenvalue weighted by Gasteiger charge is -2.17. The van der Waals surface area contributed by atoms with E-state index < -0.39 is 16.0 Å². The normalized spacial score (nSPS) is 11.6. The Morgan fingerprint density at radius 3 is 2.18 bits per heavy atom. The average Bonchev–Trinajstić information content (AvgIpc) is 2.47. The highest BCUT2D eigenvalue weighted by molar-refractivity contribution is 7.89. The maximum absolute atomic E-state index is 12.5. The summed E-state index contributed by atoms with van der Waals surface area (Å²) in [6, 6.07) is 11.4. The molecule has 0 spiro atoms. The molecule has 2 aromatic rings. The van der Waals surface area contributed by atoms with Gasteiger partial charge in [0.1, 0.15) is 0 Å². The number of rotatable bonds is 4. The summed E-state index contributed by atoms with van der Waals surface area (Å²) in [5, 5.41) is 9.23. The third-order valence-electron chi connectivity index (χ3n) is 3.50. The van der Waals surface area contributed by atoms with Gasteiger partial charge in [-0.1, -0.05) is 30.3 Å². The Kier molecular flexibility index (Phi) is 4.35. The molecule has 5 nitrogen and oxygen atoms in total. The van der Waals surface area contributed by atoms with Crippen LogP contribution in [0.15, 0.2) is 47.4 Å². The van der Waals surface area contributed by atoms with Gasteiger partial charge in [0.25, 0.3) is 0 Å². The number of carbonyl (C=O) groups is 1. The van der Waals surface area contributed by atoms with E-state index in [-0.39, 0.29) is 10.5 Å². The van der Waals surface area contributed by atoms with Crippen molar-refractivity contribution in [3.05, 3.63) is 53.6 Å². The number of carboxylic acids is 1. The summed E-state index contributed by atoms with van der Waals surface area (Å²) in [6.07, 6.45) is 0. The first-order valence-corrected chi connectivity index (χ1v) is 8.05. The lowest BCUT2D eigenvalue weighted by Crippen LogP contribution is -2.22. The van der Waals surface area contributed by atoms with Crippen LogP contribution >= 0.6 is 0 Å². The van der Waals surface area contributed by atoms with Crippen molar-refractivity contribution >= 4 is 16.0 Å². The van der Waals surface area contributed by atoms with Gasteiger partial charge in [0.05, 0.1) is 10.5 Å². The molecule has 2 aromatic carbocycles. The Labute approximate surface area is 129 Å². The highest BCUT2D eigenvalue weighted by Gasteiger charge is 2.23. The molecule has 1 N–H and O–H groups in total. The maximum atomic E-state index is 12.5. The lowest BCUT2D eigenvalue weighted by atomic mass is 9.96. The predicted octanol–water partition coefficient (Wildman–Crippen LogP) is 2.61. The van der Waals surface area contributed by atoms with E-state index in [1.54, 1.807) is 37.3 Å². The van der Waals surface area contributed by atoms with Gasteiger partial charge in [-0.3, -0.25) is 0 Å². The van der Waals surface area contributed by atoms with Crippen LogP contribution in [0.2, 0.25) is 0 Å². The lowest BCUT2D eigenvalue weighted by molar-refractivity contribution is 0.0696. The molecular weight excluding hydrogens is 302 g/mol. The van der Waals surface area contributed by atoms with E-state index in [0.717, 1.165) is 4.31 Å². The Morgan fingerprint density at radius 2 is 1.59 bits per heavy atom. The second-order valence-electron chi connectivity index (χ2n) is 5.07. The minimum Gasteiger partial charge on any atom is -0.478 e. The van der Waals surface area contributed by atoms with E-state index >= 15 is 0 Å². The summed E-state index contributed by atoms with van der Waals surface area (Å²) < 4.78 is 26.1. The van der Waals surface area contributed by atoms with Gasteiger partial charge in [-0.15, -0.1) is 0 Å². The van der Waals surface area contributed by atoms with Crippen LogP contribution in [-0.2, 0) is 10.0 Å². The number of carboxylic acid groups (broad SMARTS) is 1. The van der Waals surface area contributed by atoms with Crippen LogP contribution in [0.25, 0.3) is 11.1 Å². The summed E-state index contributed by atoms with van der Waals surface area (Å²) in [4.78, 5) is 11.4. The average molecular weight is 319 g/mol. The summed E-state index contributed by atoms with van der Waals surface area (Å²) in [6.45, 7) is 1.68. The van der Waals surface area contributed by atoms with Gasteiger partial charge in [0.15, 0.2) is 0 Å². The molecule has 0 bridgehead atoms. The zero-order valence-corrected chi connectivity index (χ0v) is 13.4. The van der Waals surface area contributed by atoms with E-state index in [1.165, 1.54) is 26.2 Å². The standard InChI is InChI=1S/C16H17NO4S/c1-11-12(8-6-9-13(11)16(18)19)14-7-4-5-10-15(14)22(20,21)17(2)3/h4-10H,1-3H3,(H,18,19). The first kappa shape index (κ1) is 16.2. The number of aromatic carboxylic acids is 1. The molecule has 0 aromatic heterocycles. The molecule has 0 radical (unpaired) electrons. The topological polar surface area (TPSA) is 74.7 Å². The molecule has 0 atom stereocenters. The van der Waals surface area contributed by atoms with Crippen molar-refractivity contribution in [2.45, 2.75) is 11.8 Å². The van der Waals surface area contributed by atoms with Gasteiger partial charge in [-0.25, -0.2) is 17.5 Å². The first-order chi connectivity index (χ1) is 10.3. The van der Waals surface area contributed by atoms with Crippen LogP contribution in [0.1, 0.15) is 15.9 Å². The van der Waals surface area contributed by atoms with Gasteiger partial charge in [0.2, 0.25) is 10.0 Å². The fourth-order valence-electron chi connectivity index (χ4n) is 2.27. The smallest absolute Gasteiger partial charge is 0.335 e. The highest BCUT2D eigenvalue weighted by atomic mass is 32.2. The minimum absolute atomic E-state index is 0.158. The van der Waals surface area contributed by atoms with Crippen molar-refractivity contribution in [1.82, 2.24) is 4.31 Å². The molecule has 0 heterocycles. The molecule has 116 valence electrons. The third-order valence-corrected chi connectivity index (χ3v) is 5.37. The van der Waals surface area contributed by atoms with Crippen LogP contribution < -0.4 is 0 Å². The van der Waals surface area contributed by atoms with E-state index in [2.05, 4.69) is 0 Å². The zero-order valence-electron chi connectivity index (χ0n) is 12.6. The molecule has 0 aliphatic carbocycles. The summed E-state index contributed by atoms with van der Waals surface area (Å²) in [5.74, 6) is -1.03. The number of nitrogens with zero attached hydrogens (tertiary/aromatic N) is 1. The molecule has 22 heavy (non-hydrogen) atoms. The van der Waals surface area contributed by atoms with Gasteiger partial charge >= 0.3 is 5.97 Å². The Balaban J connectivity index is 2.76. The van der Waals surface area contributed by atoms with Crippen LogP contribution in [0.3, 0.4) is 0 Å². The van der Waals surface area contributed by atoms with Crippen molar-refractivity contribution in [2.24, 2.45) is 0 Å². The number of hydrogen-bond donors (Lipinski definition) is 1. The molecule has 0 fully saturated rings. The van der Waals surface area contributed by atoms with Gasteiger partial charge in [-0.05, 0) is 30.2 Å². The second kappa shape index (κ2) is 5.90. The molecule has 0 amide bonds. The highest BCUT2D eigenvalue weighted by Crippen LogP contribution is 2.32. The van der Waals surface area contributed by atoms with E-state index in [0.29, 0.717) is 16.7 Å². The zero-order chi connectivity index (χ0) is 16.5. The molecule has 6 heteroatoms. The van der Waals surface area contributed by atoms with Gasteiger partial charge in [-0.2, -0.15) is 0 Å². The van der Waals surface area contributed by atoms with E-state index in [1.807, 2.05) is 0 Å². The van der Waals surface area contributed by atoms with Gasteiger partial charge < -0.3 is 5.11 Å². The van der Waals surface area contributed by atoms with Crippen molar-refractivity contribution in [3.63, 3.8) is 0 Å². The molecule has 0 aliphatic heterocycles. The summed E-state index contributed by atoms with van der Waals surface area (Å²) >= 11 is 0. The Hall–Kier alpha value is -2.18. The number of hydrogen-bond acceptors (Lipinski definition) is 3. The fraction of sp³-hybridized carbons (Fsp3) is 0.188. The SMILES string of the molecule is Cc1c(C(=O)O)cccc1-c1ccccc1S(=O)(=O)N(C)C. The third kappa shape index (κ3) is 2.75. The number of sulfonamides is 1. The monoisotopic (exact) mass is 319 g/mol. The Bertz CT molecular complexity index is 826. The Morgan fingerprint density at radius 1 is 1.00 bits per heavy atom. The maximum Gasteiger partial charge on any atom is 0.335 e. The molecule has 0 saturated heterocycles. The van der Waals surface area contributed by atoms with Crippen LogP contribution in [0.4, 0.5) is 0 Å². The fourth-order valence-corrected chi connectivity index (χ4v) is 3.37. The van der Waals surface area contributed by atoms with Crippen molar-refractivity contribution in [3.8, 4) is 11.1 Å². The minimum atomic E-state index is -3.62. The molecule has 0 saturated carbocycles. The quantitative estimate of drug-likeness (QED) is 0.940. The largest absolute Gasteiger partial charge is 0.478 e. The summed E-state index contributed by atoms with van der Waals surface area (Å²) in [7, 11) is -0.690. The predicted molar refractivity (Wildman–Crippen MR) is 84.4 cm³/mol. The van der Waals surface area contributed by atoms with Crippen LogP contribution in [0.5, 0.6) is 0 Å². The second-order valence-corrected chi connectivity index (χ2v) is 7.19. The summed E-state index contributed by atoms with van der Waals surface area (Å²) in [5.41, 5.74) is 1.80. The van der Waals surface area contributed by atoms with Gasteiger partial charge in [0, 0.05) is 19.7 Å². The van der Waals surface area contributed by atoms with Crippen LogP contribution in [0, 0.1) is 6.92 Å². The van der Waals surface area contributed by atoms with Crippen LogP contribution in [-0.4, -0.2) is 37.9 Å². The van der Waals surface area contributed by atoms with E-state index in [9.17, 15) is 18.3 Å². The van der Waals surface area contributed by atoms with Crippen molar-refractivity contribution < 1.29 is 18.3 Å².